The monoisotopic (exact) mass is 421 g/mol. The molecular formula is C24H27N3O2S. The molecule has 0 spiro atoms. The maximum atomic E-state index is 13.3. The van der Waals surface area contributed by atoms with Crippen LogP contribution in [0.2, 0.25) is 0 Å². The number of carbonyl (C=O) groups excluding carboxylic acids is 1. The number of hydrogen-bond acceptors (Lipinski definition) is 3. The Labute approximate surface area is 182 Å². The Morgan fingerprint density at radius 3 is 2.70 bits per heavy atom. The van der Waals surface area contributed by atoms with Crippen LogP contribution in [0.1, 0.15) is 29.3 Å². The second-order valence-electron chi connectivity index (χ2n) is 7.31. The Morgan fingerprint density at radius 2 is 1.93 bits per heavy atom. The van der Waals surface area contributed by atoms with Gasteiger partial charge in [-0.3, -0.25) is 0 Å². The molecule has 2 heterocycles. The molecule has 1 N–H and O–H groups in total. The summed E-state index contributed by atoms with van der Waals surface area (Å²) >= 11 is 1.72. The Hall–Kier alpha value is -2.70. The van der Waals surface area contributed by atoms with Crippen molar-refractivity contribution < 1.29 is 9.53 Å². The van der Waals surface area contributed by atoms with Crippen LogP contribution in [0.15, 0.2) is 71.8 Å². The lowest BCUT2D eigenvalue weighted by atomic mass is 10.0. The van der Waals surface area contributed by atoms with Gasteiger partial charge in [0.15, 0.2) is 0 Å². The van der Waals surface area contributed by atoms with Crippen molar-refractivity contribution in [2.24, 2.45) is 0 Å². The Bertz CT molecular complexity index is 1000. The first kappa shape index (κ1) is 20.6. The number of para-hydroxylation sites is 1. The highest BCUT2D eigenvalue weighted by atomic mass is 32.2. The van der Waals surface area contributed by atoms with E-state index in [9.17, 15) is 4.79 Å². The van der Waals surface area contributed by atoms with Crippen molar-refractivity contribution in [1.29, 1.82) is 0 Å². The molecule has 0 aliphatic carbocycles. The van der Waals surface area contributed by atoms with Crippen molar-refractivity contribution in [3.8, 4) is 5.69 Å². The lowest BCUT2D eigenvalue weighted by molar-refractivity contribution is 0.174. The number of benzene rings is 2. The number of hydrogen-bond donors (Lipinski definition) is 1. The lowest BCUT2D eigenvalue weighted by Gasteiger charge is -2.31. The van der Waals surface area contributed by atoms with E-state index in [1.165, 1.54) is 4.90 Å². The van der Waals surface area contributed by atoms with Gasteiger partial charge in [-0.15, -0.1) is 11.8 Å². The van der Waals surface area contributed by atoms with Gasteiger partial charge in [0.2, 0.25) is 0 Å². The summed E-state index contributed by atoms with van der Waals surface area (Å²) in [6, 6.07) is 20.7. The molecule has 156 valence electrons. The Morgan fingerprint density at radius 1 is 1.13 bits per heavy atom. The first-order chi connectivity index (χ1) is 14.7. The van der Waals surface area contributed by atoms with Crippen LogP contribution < -0.4 is 5.32 Å². The van der Waals surface area contributed by atoms with Gasteiger partial charge in [-0.05, 0) is 54.1 Å². The molecule has 0 bridgehead atoms. The van der Waals surface area contributed by atoms with Crippen LogP contribution in [0.25, 0.3) is 5.69 Å². The number of nitrogens with zero attached hydrogens (tertiary/aromatic N) is 2. The van der Waals surface area contributed by atoms with Crippen molar-refractivity contribution >= 4 is 17.8 Å². The zero-order valence-corrected chi connectivity index (χ0v) is 18.2. The summed E-state index contributed by atoms with van der Waals surface area (Å²) in [6.45, 7) is 1.76. The maximum absolute atomic E-state index is 13.3. The summed E-state index contributed by atoms with van der Waals surface area (Å²) in [5.41, 5.74) is 4.44. The van der Waals surface area contributed by atoms with Gasteiger partial charge in [0.1, 0.15) is 0 Å². The number of rotatable bonds is 6. The first-order valence-electron chi connectivity index (χ1n) is 10.2. The normalized spacial score (nSPS) is 15.3. The van der Waals surface area contributed by atoms with Crippen LogP contribution in [0.3, 0.4) is 0 Å². The molecule has 1 aliphatic heterocycles. The van der Waals surface area contributed by atoms with E-state index in [2.05, 4.69) is 70.9 Å². The molecule has 6 heteroatoms. The molecule has 1 aromatic heterocycles. The van der Waals surface area contributed by atoms with Gasteiger partial charge < -0.3 is 19.5 Å². The van der Waals surface area contributed by atoms with Crippen molar-refractivity contribution in [3.05, 3.63) is 83.7 Å². The van der Waals surface area contributed by atoms with Gasteiger partial charge in [-0.1, -0.05) is 30.3 Å². The molecule has 3 aromatic rings. The minimum atomic E-state index is -0.175. The number of thioether (sulfide) groups is 1. The summed E-state index contributed by atoms with van der Waals surface area (Å²) in [6.07, 6.45) is 4.94. The SMILES string of the molecule is COCCCNC(=O)N1Cc2ccccc2-n2cccc2[C@@H]1c1ccc(SC)cc1. The van der Waals surface area contributed by atoms with Gasteiger partial charge in [0.05, 0.1) is 18.3 Å². The van der Waals surface area contributed by atoms with E-state index < -0.39 is 0 Å². The van der Waals surface area contributed by atoms with Crippen LogP contribution in [0.5, 0.6) is 0 Å². The second kappa shape index (κ2) is 9.41. The number of nitrogens with one attached hydrogen (secondary N) is 1. The van der Waals surface area contributed by atoms with Crippen LogP contribution >= 0.6 is 11.8 Å². The first-order valence-corrected chi connectivity index (χ1v) is 11.4. The summed E-state index contributed by atoms with van der Waals surface area (Å²) in [4.78, 5) is 16.5. The summed E-state index contributed by atoms with van der Waals surface area (Å²) in [7, 11) is 1.68. The molecule has 0 unspecified atom stereocenters. The zero-order valence-electron chi connectivity index (χ0n) is 17.4. The third kappa shape index (κ3) is 4.11. The average Bonchev–Trinajstić information content (AvgIpc) is 3.21. The standard InChI is InChI=1S/C24H27N3O2S/c1-29-16-6-14-25-24(28)27-17-19-7-3-4-8-21(19)26-15-5-9-22(26)23(27)18-10-12-20(30-2)13-11-18/h3-5,7-13,15,23H,6,14,16-17H2,1-2H3,(H,25,28)/t23-/m0/s1. The van der Waals surface area contributed by atoms with Crippen molar-refractivity contribution in [2.45, 2.75) is 23.9 Å². The van der Waals surface area contributed by atoms with Gasteiger partial charge in [0.25, 0.3) is 0 Å². The largest absolute Gasteiger partial charge is 0.385 e. The fourth-order valence-corrected chi connectivity index (χ4v) is 4.40. The molecule has 0 saturated heterocycles. The van der Waals surface area contributed by atoms with Crippen LogP contribution in [0.4, 0.5) is 4.79 Å². The molecule has 1 aliphatic rings. The number of carbonyl (C=O) groups is 1. The third-order valence-corrected chi connectivity index (χ3v) is 6.20. The molecule has 2 aromatic carbocycles. The molecular weight excluding hydrogens is 394 g/mol. The van der Waals surface area contributed by atoms with Gasteiger partial charge in [-0.2, -0.15) is 0 Å². The van der Waals surface area contributed by atoms with Crippen LogP contribution in [0, 0.1) is 0 Å². The molecule has 0 radical (unpaired) electrons. The molecule has 30 heavy (non-hydrogen) atoms. The Balaban J connectivity index is 1.75. The fourth-order valence-electron chi connectivity index (χ4n) is 3.99. The van der Waals surface area contributed by atoms with Gasteiger partial charge in [-0.25, -0.2) is 4.79 Å². The summed E-state index contributed by atoms with van der Waals surface area (Å²) < 4.78 is 7.32. The third-order valence-electron chi connectivity index (χ3n) is 5.46. The Kier molecular flexibility index (Phi) is 6.45. The van der Waals surface area contributed by atoms with E-state index in [4.69, 9.17) is 4.74 Å². The quantitative estimate of drug-likeness (QED) is 0.457. The number of aromatic nitrogens is 1. The molecule has 1 atom stereocenters. The average molecular weight is 422 g/mol. The van der Waals surface area contributed by atoms with Crippen LogP contribution in [-0.2, 0) is 11.3 Å². The molecule has 0 saturated carbocycles. The highest BCUT2D eigenvalue weighted by Gasteiger charge is 2.32. The van der Waals surface area contributed by atoms with Crippen LogP contribution in [-0.4, -0.2) is 42.0 Å². The number of fused-ring (bicyclic) bond motifs is 3. The topological polar surface area (TPSA) is 46.5 Å². The minimum Gasteiger partial charge on any atom is -0.385 e. The van der Waals surface area contributed by atoms with Crippen molar-refractivity contribution in [2.75, 3.05) is 26.5 Å². The van der Waals surface area contributed by atoms with Crippen molar-refractivity contribution in [3.63, 3.8) is 0 Å². The molecule has 4 rings (SSSR count). The van der Waals surface area contributed by atoms with E-state index in [1.54, 1.807) is 18.9 Å². The van der Waals surface area contributed by atoms with E-state index in [-0.39, 0.29) is 12.1 Å². The molecule has 2 amide bonds. The second-order valence-corrected chi connectivity index (χ2v) is 8.19. The van der Waals surface area contributed by atoms with E-state index in [0.717, 1.165) is 28.9 Å². The number of methoxy groups -OCH3 is 1. The smallest absolute Gasteiger partial charge is 0.318 e. The minimum absolute atomic E-state index is 0.0606. The number of ether oxygens (including phenoxy) is 1. The molecule has 5 nitrogen and oxygen atoms in total. The number of amides is 2. The fraction of sp³-hybridized carbons (Fsp3) is 0.292. The van der Waals surface area contributed by atoms with E-state index in [0.29, 0.717) is 19.7 Å². The van der Waals surface area contributed by atoms with E-state index >= 15 is 0 Å². The lowest BCUT2D eigenvalue weighted by Crippen LogP contribution is -2.42. The number of urea groups is 1. The zero-order chi connectivity index (χ0) is 20.9. The highest BCUT2D eigenvalue weighted by Crippen LogP contribution is 2.37. The van der Waals surface area contributed by atoms with E-state index in [1.807, 2.05) is 17.0 Å². The summed E-state index contributed by atoms with van der Waals surface area (Å²) in [5.74, 6) is 0. The predicted molar refractivity (Wildman–Crippen MR) is 121 cm³/mol. The van der Waals surface area contributed by atoms with Gasteiger partial charge >= 0.3 is 6.03 Å². The highest BCUT2D eigenvalue weighted by molar-refractivity contribution is 7.98. The maximum Gasteiger partial charge on any atom is 0.318 e. The summed E-state index contributed by atoms with van der Waals surface area (Å²) in [5, 5.41) is 3.08. The molecule has 0 fully saturated rings. The predicted octanol–water partition coefficient (Wildman–Crippen LogP) is 4.85. The van der Waals surface area contributed by atoms with Gasteiger partial charge in [0, 0.05) is 37.0 Å². The van der Waals surface area contributed by atoms with Crippen molar-refractivity contribution in [1.82, 2.24) is 14.8 Å².